The first-order valence-corrected chi connectivity index (χ1v) is 16.9. The van der Waals surface area contributed by atoms with E-state index in [1.54, 1.807) is 41.3 Å². The van der Waals surface area contributed by atoms with Gasteiger partial charge in [0.05, 0.1) is 11.9 Å². The molecule has 1 aliphatic carbocycles. The van der Waals surface area contributed by atoms with Gasteiger partial charge in [-0.15, -0.1) is 0 Å². The molecule has 3 aromatic carbocycles. The minimum atomic E-state index is -3.64. The van der Waals surface area contributed by atoms with Crippen LogP contribution in [-0.4, -0.2) is 50.0 Å². The molecule has 0 spiro atoms. The van der Waals surface area contributed by atoms with Crippen molar-refractivity contribution in [1.82, 2.24) is 10.2 Å². The zero-order valence-corrected chi connectivity index (χ0v) is 26.0. The van der Waals surface area contributed by atoms with E-state index in [2.05, 4.69) is 5.32 Å². The highest BCUT2D eigenvalue weighted by molar-refractivity contribution is 7.92. The molecule has 0 saturated heterocycles. The first-order valence-electron chi connectivity index (χ1n) is 14.7. The van der Waals surface area contributed by atoms with Crippen molar-refractivity contribution in [3.63, 3.8) is 0 Å². The molecule has 7 nitrogen and oxygen atoms in total. The molecule has 0 aliphatic heterocycles. The number of carbonyl (C=O) groups is 2. The molecule has 1 N–H and O–H groups in total. The Kier molecular flexibility index (Phi) is 11.6. The quantitative estimate of drug-likeness (QED) is 0.248. The van der Waals surface area contributed by atoms with Crippen molar-refractivity contribution in [2.45, 2.75) is 70.0 Å². The van der Waals surface area contributed by atoms with Gasteiger partial charge in [-0.05, 0) is 60.7 Å². The Morgan fingerprint density at radius 3 is 2.30 bits per heavy atom. The molecule has 3 aromatic rings. The second-order valence-corrected chi connectivity index (χ2v) is 13.5. The molecule has 0 heterocycles. The molecule has 2 amide bonds. The second-order valence-electron chi connectivity index (χ2n) is 11.1. The van der Waals surface area contributed by atoms with Gasteiger partial charge in [0.2, 0.25) is 21.8 Å². The van der Waals surface area contributed by atoms with Crippen LogP contribution >= 0.6 is 11.6 Å². The van der Waals surface area contributed by atoms with E-state index in [0.29, 0.717) is 22.7 Å². The van der Waals surface area contributed by atoms with Gasteiger partial charge in [-0.25, -0.2) is 12.8 Å². The highest BCUT2D eigenvalue weighted by Gasteiger charge is 2.32. The number of nitrogens with zero attached hydrogens (tertiary/aromatic N) is 2. The Hall–Kier alpha value is -3.43. The van der Waals surface area contributed by atoms with E-state index < -0.39 is 16.1 Å². The van der Waals surface area contributed by atoms with Crippen LogP contribution in [0.1, 0.15) is 56.1 Å². The number of carbonyl (C=O) groups excluding carboxylic acids is 2. The monoisotopic (exact) mass is 627 g/mol. The minimum absolute atomic E-state index is 0.00970. The number of amides is 2. The van der Waals surface area contributed by atoms with Crippen molar-refractivity contribution in [3.8, 4) is 0 Å². The van der Waals surface area contributed by atoms with Gasteiger partial charge < -0.3 is 10.2 Å². The summed E-state index contributed by atoms with van der Waals surface area (Å²) in [6.45, 7) is 0.172. The molecule has 1 aliphatic rings. The van der Waals surface area contributed by atoms with Crippen LogP contribution in [0.5, 0.6) is 0 Å². The molecule has 10 heteroatoms. The van der Waals surface area contributed by atoms with Gasteiger partial charge in [0.25, 0.3) is 0 Å². The maximum atomic E-state index is 13.9. The summed E-state index contributed by atoms with van der Waals surface area (Å²) in [5.74, 6) is -0.897. The molecule has 4 rings (SSSR count). The smallest absolute Gasteiger partial charge is 0.243 e. The van der Waals surface area contributed by atoms with E-state index in [1.165, 1.54) is 16.4 Å². The van der Waals surface area contributed by atoms with Crippen molar-refractivity contribution < 1.29 is 22.4 Å². The maximum absolute atomic E-state index is 13.9. The summed E-state index contributed by atoms with van der Waals surface area (Å²) in [6, 6.07) is 21.2. The normalized spacial score (nSPS) is 14.6. The number of nitrogens with one attached hydrogen (secondary N) is 1. The number of anilines is 1. The van der Waals surface area contributed by atoms with Gasteiger partial charge in [-0.3, -0.25) is 13.9 Å². The van der Waals surface area contributed by atoms with E-state index in [-0.39, 0.29) is 49.6 Å². The summed E-state index contributed by atoms with van der Waals surface area (Å²) in [5.41, 5.74) is 2.02. The van der Waals surface area contributed by atoms with Gasteiger partial charge >= 0.3 is 0 Å². The third kappa shape index (κ3) is 9.79. The van der Waals surface area contributed by atoms with Crippen LogP contribution in [0, 0.1) is 5.82 Å². The fraction of sp³-hybridized carbons (Fsp3) is 0.394. The lowest BCUT2D eigenvalue weighted by molar-refractivity contribution is -0.141. The zero-order valence-electron chi connectivity index (χ0n) is 24.4. The molecular formula is C33H39ClFN3O4S. The van der Waals surface area contributed by atoms with Crippen molar-refractivity contribution >= 4 is 39.1 Å². The van der Waals surface area contributed by atoms with Crippen molar-refractivity contribution in [1.29, 1.82) is 0 Å². The largest absolute Gasteiger partial charge is 0.352 e. The standard InChI is InChI=1S/C33H39ClFN3O4S/c1-43(41,42)38(30-15-8-12-27(34)23-30)21-9-16-32(39)37(24-26-17-19-28(35)20-18-26)31(22-25-10-4-2-5-11-25)33(40)36-29-13-6-3-7-14-29/h2,4-5,8,10-12,15,17-20,23,29,31H,3,6-7,9,13-14,16,21-22,24H2,1H3,(H,36,40). The van der Waals surface area contributed by atoms with E-state index in [4.69, 9.17) is 11.6 Å². The predicted molar refractivity (Wildman–Crippen MR) is 169 cm³/mol. The van der Waals surface area contributed by atoms with Crippen LogP contribution in [0.3, 0.4) is 0 Å². The molecule has 1 saturated carbocycles. The molecule has 0 radical (unpaired) electrons. The molecule has 0 aromatic heterocycles. The van der Waals surface area contributed by atoms with E-state index >= 15 is 0 Å². The lowest BCUT2D eigenvalue weighted by Gasteiger charge is -2.34. The van der Waals surface area contributed by atoms with Crippen LogP contribution in [-0.2, 0) is 32.6 Å². The minimum Gasteiger partial charge on any atom is -0.352 e. The summed E-state index contributed by atoms with van der Waals surface area (Å²) < 4.78 is 40.2. The summed E-state index contributed by atoms with van der Waals surface area (Å²) in [6.07, 6.45) is 6.71. The number of hydrogen-bond donors (Lipinski definition) is 1. The lowest BCUT2D eigenvalue weighted by Crippen LogP contribution is -2.52. The van der Waals surface area contributed by atoms with E-state index in [0.717, 1.165) is 43.9 Å². The first kappa shape index (κ1) is 32.5. The number of halogens is 2. The molecule has 1 fully saturated rings. The first-order chi connectivity index (χ1) is 20.6. The van der Waals surface area contributed by atoms with Crippen LogP contribution in [0.15, 0.2) is 78.9 Å². The summed E-state index contributed by atoms with van der Waals surface area (Å²) >= 11 is 6.11. The maximum Gasteiger partial charge on any atom is 0.243 e. The average Bonchev–Trinajstić information content (AvgIpc) is 2.98. The fourth-order valence-electron chi connectivity index (χ4n) is 5.52. The van der Waals surface area contributed by atoms with Crippen molar-refractivity contribution in [3.05, 3.63) is 101 Å². The molecule has 0 bridgehead atoms. The van der Waals surface area contributed by atoms with E-state index in [9.17, 15) is 22.4 Å². The second kappa shape index (κ2) is 15.3. The molecular weight excluding hydrogens is 589 g/mol. The van der Waals surface area contributed by atoms with Crippen LogP contribution in [0.4, 0.5) is 10.1 Å². The average molecular weight is 628 g/mol. The Balaban J connectivity index is 1.58. The highest BCUT2D eigenvalue weighted by Crippen LogP contribution is 2.24. The summed E-state index contributed by atoms with van der Waals surface area (Å²) in [5, 5.41) is 3.60. The molecule has 230 valence electrons. The van der Waals surface area contributed by atoms with Crippen LogP contribution < -0.4 is 9.62 Å². The van der Waals surface area contributed by atoms with Crippen molar-refractivity contribution in [2.24, 2.45) is 0 Å². The highest BCUT2D eigenvalue weighted by atomic mass is 35.5. The Bertz CT molecular complexity index is 1460. The van der Waals surface area contributed by atoms with Crippen LogP contribution in [0.25, 0.3) is 0 Å². The van der Waals surface area contributed by atoms with Crippen LogP contribution in [0.2, 0.25) is 5.02 Å². The summed E-state index contributed by atoms with van der Waals surface area (Å²) in [7, 11) is -3.64. The van der Waals surface area contributed by atoms with Crippen molar-refractivity contribution in [2.75, 3.05) is 17.1 Å². The zero-order chi connectivity index (χ0) is 30.8. The Morgan fingerprint density at radius 2 is 1.65 bits per heavy atom. The number of benzene rings is 3. The van der Waals surface area contributed by atoms with Gasteiger partial charge in [-0.1, -0.05) is 79.4 Å². The van der Waals surface area contributed by atoms with Gasteiger partial charge in [0.15, 0.2) is 0 Å². The topological polar surface area (TPSA) is 86.8 Å². The third-order valence-electron chi connectivity index (χ3n) is 7.74. The SMILES string of the molecule is CS(=O)(=O)N(CCCC(=O)N(Cc1ccc(F)cc1)C(Cc1ccccc1)C(=O)NC1CCCCC1)c1cccc(Cl)c1. The molecule has 1 unspecified atom stereocenters. The van der Waals surface area contributed by atoms with Gasteiger partial charge in [0, 0.05) is 37.0 Å². The van der Waals surface area contributed by atoms with Gasteiger partial charge in [0.1, 0.15) is 11.9 Å². The Morgan fingerprint density at radius 1 is 0.953 bits per heavy atom. The number of sulfonamides is 1. The molecule has 1 atom stereocenters. The van der Waals surface area contributed by atoms with E-state index in [1.807, 2.05) is 30.3 Å². The predicted octanol–water partition coefficient (Wildman–Crippen LogP) is 6.11. The Labute approximate surface area is 259 Å². The van der Waals surface area contributed by atoms with Gasteiger partial charge in [-0.2, -0.15) is 0 Å². The number of hydrogen-bond acceptors (Lipinski definition) is 4. The lowest BCUT2D eigenvalue weighted by atomic mass is 9.94. The fourth-order valence-corrected chi connectivity index (χ4v) is 6.66. The number of rotatable bonds is 13. The molecule has 43 heavy (non-hydrogen) atoms. The summed E-state index contributed by atoms with van der Waals surface area (Å²) in [4.78, 5) is 29.4. The third-order valence-corrected chi connectivity index (χ3v) is 9.17.